The van der Waals surface area contributed by atoms with E-state index in [1.165, 1.54) is 0 Å². The normalized spacial score (nSPS) is 13.7. The molecule has 0 amide bonds. The van der Waals surface area contributed by atoms with Gasteiger partial charge in [0, 0.05) is 6.42 Å². The number of nitrogens with zero attached hydrogens (tertiary/aromatic N) is 1. The molecule has 1 atom stereocenters. The number of hydrogen-bond acceptors (Lipinski definition) is 4. The van der Waals surface area contributed by atoms with Crippen LogP contribution in [0.3, 0.4) is 0 Å². The number of aromatic amines is 3. The van der Waals surface area contributed by atoms with Crippen molar-refractivity contribution in [2.45, 2.75) is 40.0 Å². The van der Waals surface area contributed by atoms with Gasteiger partial charge in [-0.05, 0) is 30.7 Å². The van der Waals surface area contributed by atoms with Crippen molar-refractivity contribution < 1.29 is 0 Å². The predicted molar refractivity (Wildman–Crippen MR) is 82.3 cm³/mol. The number of aromatic nitrogens is 4. The first-order valence-electron chi connectivity index (χ1n) is 7.22. The van der Waals surface area contributed by atoms with Gasteiger partial charge in [0.15, 0.2) is 5.65 Å². The van der Waals surface area contributed by atoms with Gasteiger partial charge in [0.05, 0.1) is 0 Å². The number of fused-ring (bicyclic) bond motifs is 1. The highest BCUT2D eigenvalue weighted by atomic mass is 16.2. The summed E-state index contributed by atoms with van der Waals surface area (Å²) in [5.41, 5.74) is 5.50. The first-order chi connectivity index (χ1) is 9.81. The third-order valence-corrected chi connectivity index (χ3v) is 3.91. The molecule has 0 aliphatic heterocycles. The zero-order valence-electron chi connectivity index (χ0n) is 12.7. The molecule has 0 saturated heterocycles. The molecule has 2 aromatic heterocycles. The summed E-state index contributed by atoms with van der Waals surface area (Å²) in [6.45, 7) is 7.27. The monoisotopic (exact) mass is 293 g/mol. The lowest BCUT2D eigenvalue weighted by Gasteiger charge is -2.30. The molecule has 21 heavy (non-hydrogen) atoms. The minimum atomic E-state index is -0.541. The maximum absolute atomic E-state index is 11.6. The predicted octanol–water partition coefficient (Wildman–Crippen LogP) is 0.883. The Morgan fingerprint density at radius 1 is 1.14 bits per heavy atom. The molecule has 0 spiro atoms. The zero-order valence-corrected chi connectivity index (χ0v) is 12.7. The number of hydrogen-bond donors (Lipinski definition) is 4. The van der Waals surface area contributed by atoms with Crippen LogP contribution in [-0.4, -0.2) is 26.5 Å². The molecule has 0 bridgehead atoms. The lowest BCUT2D eigenvalue weighted by molar-refractivity contribution is 0.214. The summed E-state index contributed by atoms with van der Waals surface area (Å²) in [7, 11) is 0. The van der Waals surface area contributed by atoms with Crippen LogP contribution < -0.4 is 17.0 Å². The highest BCUT2D eigenvalue weighted by molar-refractivity contribution is 5.68. The van der Waals surface area contributed by atoms with Gasteiger partial charge in [-0.1, -0.05) is 20.8 Å². The van der Waals surface area contributed by atoms with Crippen LogP contribution in [0.25, 0.3) is 11.2 Å². The quantitative estimate of drug-likeness (QED) is 0.654. The summed E-state index contributed by atoms with van der Waals surface area (Å²) >= 11 is 0. The van der Waals surface area contributed by atoms with Gasteiger partial charge in [-0.25, -0.2) is 9.78 Å². The molecule has 0 fully saturated rings. The molecule has 0 aromatic carbocycles. The van der Waals surface area contributed by atoms with Crippen molar-refractivity contribution in [2.24, 2.45) is 17.1 Å². The van der Waals surface area contributed by atoms with Gasteiger partial charge >= 0.3 is 5.69 Å². The van der Waals surface area contributed by atoms with E-state index in [1.54, 1.807) is 0 Å². The maximum Gasteiger partial charge on any atom is 0.327 e. The Labute approximate surface area is 122 Å². The molecule has 7 heteroatoms. The van der Waals surface area contributed by atoms with Crippen molar-refractivity contribution in [1.82, 2.24) is 19.9 Å². The van der Waals surface area contributed by atoms with E-state index in [2.05, 4.69) is 40.7 Å². The molecule has 1 unspecified atom stereocenters. The highest BCUT2D eigenvalue weighted by Gasteiger charge is 2.24. The van der Waals surface area contributed by atoms with Crippen LogP contribution in [0.4, 0.5) is 0 Å². The molecule has 0 saturated carbocycles. The van der Waals surface area contributed by atoms with Crippen molar-refractivity contribution in [1.29, 1.82) is 0 Å². The molecule has 0 aliphatic carbocycles. The maximum atomic E-state index is 11.6. The second-order valence-electron chi connectivity index (χ2n) is 6.49. The summed E-state index contributed by atoms with van der Waals surface area (Å²) in [5, 5.41) is 0. The van der Waals surface area contributed by atoms with Crippen molar-refractivity contribution in [2.75, 3.05) is 6.54 Å². The summed E-state index contributed by atoms with van der Waals surface area (Å²) < 4.78 is 0. The van der Waals surface area contributed by atoms with Crippen molar-refractivity contribution in [3.05, 3.63) is 26.7 Å². The number of nitrogens with two attached hydrogens (primary N) is 1. The van der Waals surface area contributed by atoms with Crippen molar-refractivity contribution >= 4 is 11.2 Å². The first kappa shape index (κ1) is 15.5. The Morgan fingerprint density at radius 3 is 2.48 bits per heavy atom. The number of nitrogens with one attached hydrogen (secondary N) is 3. The summed E-state index contributed by atoms with van der Waals surface area (Å²) in [4.78, 5) is 34.8. The lowest BCUT2D eigenvalue weighted by atomic mass is 9.76. The zero-order chi connectivity index (χ0) is 15.6. The van der Waals surface area contributed by atoms with Gasteiger partial charge in [-0.3, -0.25) is 14.8 Å². The molecule has 0 radical (unpaired) electrons. The molecule has 0 aliphatic rings. The van der Waals surface area contributed by atoms with Gasteiger partial charge in [0.25, 0.3) is 5.56 Å². The number of imidazole rings is 1. The molecule has 2 heterocycles. The SMILES string of the molecule is CC(C)(C)C(CCN)CCc1nc2[nH]c(=O)[nH]c(=O)c2[nH]1. The van der Waals surface area contributed by atoms with Crippen LogP contribution in [0.1, 0.15) is 39.4 Å². The molecule has 2 rings (SSSR count). The number of aryl methyl sites for hydroxylation is 1. The molecule has 2 aromatic rings. The Hall–Kier alpha value is -1.89. The van der Waals surface area contributed by atoms with Gasteiger partial charge in [0.1, 0.15) is 11.3 Å². The number of H-pyrrole nitrogens is 3. The van der Waals surface area contributed by atoms with E-state index in [-0.39, 0.29) is 5.41 Å². The summed E-state index contributed by atoms with van der Waals surface area (Å²) in [6, 6.07) is 0. The van der Waals surface area contributed by atoms with Gasteiger partial charge in [-0.2, -0.15) is 0 Å². The lowest BCUT2D eigenvalue weighted by Crippen LogP contribution is -2.24. The summed E-state index contributed by atoms with van der Waals surface area (Å²) in [5.74, 6) is 1.19. The largest absolute Gasteiger partial charge is 0.336 e. The van der Waals surface area contributed by atoms with Crippen LogP contribution in [0.15, 0.2) is 9.59 Å². The van der Waals surface area contributed by atoms with Crippen LogP contribution >= 0.6 is 0 Å². The van der Waals surface area contributed by atoms with Gasteiger partial charge in [-0.15, -0.1) is 0 Å². The van der Waals surface area contributed by atoms with Gasteiger partial charge in [0.2, 0.25) is 0 Å². The Bertz CT molecular complexity index is 719. The highest BCUT2D eigenvalue weighted by Crippen LogP contribution is 2.31. The molecule has 7 nitrogen and oxygen atoms in total. The van der Waals surface area contributed by atoms with Crippen LogP contribution in [0.5, 0.6) is 0 Å². The Kier molecular flexibility index (Phi) is 4.32. The molecule has 5 N–H and O–H groups in total. The summed E-state index contributed by atoms with van der Waals surface area (Å²) in [6.07, 6.45) is 2.61. The standard InChI is InChI=1S/C14H23N5O2/c1-14(2,3)8(6-7-15)4-5-9-16-10-11(17-9)18-13(21)19-12(10)20/h8H,4-7,15H2,1-3H3,(H3,16,17,18,19,20,21). The molecule has 116 valence electrons. The Balaban J connectivity index is 2.18. The molecular weight excluding hydrogens is 270 g/mol. The smallest absolute Gasteiger partial charge is 0.327 e. The van der Waals surface area contributed by atoms with E-state index in [1.807, 2.05) is 0 Å². The average Bonchev–Trinajstić information content (AvgIpc) is 2.76. The fourth-order valence-electron chi connectivity index (χ4n) is 2.62. The van der Waals surface area contributed by atoms with Gasteiger partial charge < -0.3 is 10.7 Å². The Morgan fingerprint density at radius 2 is 1.86 bits per heavy atom. The molecular formula is C14H23N5O2. The second kappa shape index (κ2) is 5.85. The van der Waals surface area contributed by atoms with Crippen LogP contribution in [0, 0.1) is 11.3 Å². The number of rotatable bonds is 5. The van der Waals surface area contributed by atoms with E-state index in [4.69, 9.17) is 5.73 Å². The van der Waals surface area contributed by atoms with E-state index in [0.29, 0.717) is 29.5 Å². The second-order valence-corrected chi connectivity index (χ2v) is 6.49. The topological polar surface area (TPSA) is 120 Å². The third kappa shape index (κ3) is 3.60. The fourth-order valence-corrected chi connectivity index (χ4v) is 2.62. The van der Waals surface area contributed by atoms with E-state index >= 15 is 0 Å². The fraction of sp³-hybridized carbons (Fsp3) is 0.643. The van der Waals surface area contributed by atoms with Crippen molar-refractivity contribution in [3.63, 3.8) is 0 Å². The third-order valence-electron chi connectivity index (χ3n) is 3.91. The average molecular weight is 293 g/mol. The van der Waals surface area contributed by atoms with E-state index in [9.17, 15) is 9.59 Å². The van der Waals surface area contributed by atoms with Crippen LogP contribution in [0.2, 0.25) is 0 Å². The van der Waals surface area contributed by atoms with E-state index < -0.39 is 11.2 Å². The van der Waals surface area contributed by atoms with Crippen LogP contribution in [-0.2, 0) is 6.42 Å². The van der Waals surface area contributed by atoms with Crippen molar-refractivity contribution in [3.8, 4) is 0 Å². The first-order valence-corrected chi connectivity index (χ1v) is 7.22. The minimum Gasteiger partial charge on any atom is -0.336 e. The van der Waals surface area contributed by atoms with E-state index in [0.717, 1.165) is 19.3 Å². The minimum absolute atomic E-state index is 0.178.